The molecule has 0 spiro atoms. The van der Waals surface area contributed by atoms with Gasteiger partial charge in [-0.1, -0.05) is 37.6 Å². The monoisotopic (exact) mass is 393 g/mol. The summed E-state index contributed by atoms with van der Waals surface area (Å²) in [6, 6.07) is 15.7. The molecular weight excluding hydrogens is 366 g/mol. The molecule has 1 unspecified atom stereocenters. The van der Waals surface area contributed by atoms with E-state index in [9.17, 15) is 9.59 Å². The topological polar surface area (TPSA) is 91.2 Å². The minimum atomic E-state index is -0.677. The summed E-state index contributed by atoms with van der Waals surface area (Å²) >= 11 is 0. The average Bonchev–Trinajstić information content (AvgIpc) is 2.69. The standard InChI is InChI=1S/C23H27N3O3/c1-16(2)21(26-22(27)18-11-9-17(3)10-12-18)23(28)25-19-7-6-8-20(15-19)29-14-5-4-13-24/h6-12,15-16,21H,4-5,14H2,1-3H3,(H,25,28)(H,26,27). The van der Waals surface area contributed by atoms with Crippen molar-refractivity contribution in [2.24, 2.45) is 5.92 Å². The van der Waals surface area contributed by atoms with Gasteiger partial charge in [-0.15, -0.1) is 0 Å². The first kappa shape index (κ1) is 22.0. The van der Waals surface area contributed by atoms with Crippen LogP contribution >= 0.6 is 0 Å². The number of hydrogen-bond donors (Lipinski definition) is 2. The van der Waals surface area contributed by atoms with Gasteiger partial charge in [0, 0.05) is 23.7 Å². The van der Waals surface area contributed by atoms with Crippen LogP contribution < -0.4 is 15.4 Å². The maximum atomic E-state index is 12.8. The predicted octanol–water partition coefficient (Wildman–Crippen LogP) is 4.07. The van der Waals surface area contributed by atoms with Gasteiger partial charge in [0.15, 0.2) is 0 Å². The van der Waals surface area contributed by atoms with Gasteiger partial charge in [0.05, 0.1) is 12.7 Å². The van der Waals surface area contributed by atoms with Crippen molar-refractivity contribution in [1.29, 1.82) is 5.26 Å². The molecule has 0 heterocycles. The molecule has 6 heteroatoms. The fraction of sp³-hybridized carbons (Fsp3) is 0.348. The van der Waals surface area contributed by atoms with E-state index < -0.39 is 6.04 Å². The number of rotatable bonds is 9. The summed E-state index contributed by atoms with van der Waals surface area (Å²) in [6.07, 6.45) is 1.08. The summed E-state index contributed by atoms with van der Waals surface area (Å²) in [5.41, 5.74) is 2.17. The number of carbonyl (C=O) groups is 2. The third-order valence-electron chi connectivity index (χ3n) is 4.35. The van der Waals surface area contributed by atoms with E-state index in [2.05, 4.69) is 16.7 Å². The minimum absolute atomic E-state index is 0.0881. The van der Waals surface area contributed by atoms with Crippen molar-refractivity contribution in [2.45, 2.75) is 39.7 Å². The van der Waals surface area contributed by atoms with Crippen molar-refractivity contribution in [2.75, 3.05) is 11.9 Å². The number of nitrogens with zero attached hydrogens (tertiary/aromatic N) is 1. The van der Waals surface area contributed by atoms with Crippen LogP contribution in [0.25, 0.3) is 0 Å². The number of carbonyl (C=O) groups excluding carboxylic acids is 2. The fourth-order valence-corrected chi connectivity index (χ4v) is 2.69. The van der Waals surface area contributed by atoms with Crippen molar-refractivity contribution >= 4 is 17.5 Å². The molecule has 0 bridgehead atoms. The zero-order valence-corrected chi connectivity index (χ0v) is 17.1. The van der Waals surface area contributed by atoms with Gasteiger partial charge in [-0.05, 0) is 43.5 Å². The van der Waals surface area contributed by atoms with Crippen LogP contribution in [-0.4, -0.2) is 24.5 Å². The van der Waals surface area contributed by atoms with Crippen molar-refractivity contribution in [3.8, 4) is 11.8 Å². The number of ether oxygens (including phenoxy) is 1. The molecule has 2 aromatic rings. The molecular formula is C23H27N3O3. The number of aryl methyl sites for hydroxylation is 1. The largest absolute Gasteiger partial charge is 0.493 e. The van der Waals surface area contributed by atoms with Crippen LogP contribution in [0.2, 0.25) is 0 Å². The van der Waals surface area contributed by atoms with Crippen LogP contribution in [0.3, 0.4) is 0 Å². The van der Waals surface area contributed by atoms with E-state index >= 15 is 0 Å². The second-order valence-corrected chi connectivity index (χ2v) is 7.19. The average molecular weight is 393 g/mol. The fourth-order valence-electron chi connectivity index (χ4n) is 2.69. The van der Waals surface area contributed by atoms with E-state index in [4.69, 9.17) is 10.00 Å². The Morgan fingerprint density at radius 2 is 1.86 bits per heavy atom. The Hall–Kier alpha value is -3.33. The van der Waals surface area contributed by atoms with Crippen LogP contribution in [0.1, 0.15) is 42.6 Å². The first-order valence-corrected chi connectivity index (χ1v) is 9.69. The first-order chi connectivity index (χ1) is 13.9. The van der Waals surface area contributed by atoms with E-state index in [0.717, 1.165) is 5.56 Å². The quantitative estimate of drug-likeness (QED) is 0.628. The molecule has 6 nitrogen and oxygen atoms in total. The molecule has 0 saturated heterocycles. The molecule has 0 aliphatic heterocycles. The Morgan fingerprint density at radius 1 is 1.14 bits per heavy atom. The number of nitriles is 1. The smallest absolute Gasteiger partial charge is 0.251 e. The van der Waals surface area contributed by atoms with E-state index in [1.165, 1.54) is 0 Å². The number of anilines is 1. The molecule has 0 aromatic heterocycles. The van der Waals surface area contributed by atoms with Gasteiger partial charge >= 0.3 is 0 Å². The number of nitrogens with one attached hydrogen (secondary N) is 2. The lowest BCUT2D eigenvalue weighted by atomic mass is 10.0. The molecule has 29 heavy (non-hydrogen) atoms. The lowest BCUT2D eigenvalue weighted by Gasteiger charge is -2.22. The summed E-state index contributed by atoms with van der Waals surface area (Å²) in [7, 11) is 0. The summed E-state index contributed by atoms with van der Waals surface area (Å²) < 4.78 is 5.60. The summed E-state index contributed by atoms with van der Waals surface area (Å²) in [5, 5.41) is 14.2. The molecule has 152 valence electrons. The van der Waals surface area contributed by atoms with Crippen LogP contribution in [0.15, 0.2) is 48.5 Å². The molecule has 2 N–H and O–H groups in total. The van der Waals surface area contributed by atoms with Gasteiger partial charge in [0.2, 0.25) is 5.91 Å². The van der Waals surface area contributed by atoms with E-state index in [0.29, 0.717) is 36.4 Å². The lowest BCUT2D eigenvalue weighted by Crippen LogP contribution is -2.47. The Kier molecular flexibility index (Phi) is 8.23. The molecule has 1 atom stereocenters. The van der Waals surface area contributed by atoms with Crippen LogP contribution in [-0.2, 0) is 4.79 Å². The molecule has 2 rings (SSSR count). The summed E-state index contributed by atoms with van der Waals surface area (Å²) in [5.74, 6) is -0.0455. The Morgan fingerprint density at radius 3 is 2.52 bits per heavy atom. The van der Waals surface area contributed by atoms with Crippen LogP contribution in [0, 0.1) is 24.2 Å². The van der Waals surface area contributed by atoms with Gasteiger partial charge in [0.25, 0.3) is 5.91 Å². The highest BCUT2D eigenvalue weighted by atomic mass is 16.5. The van der Waals surface area contributed by atoms with Crippen LogP contribution in [0.4, 0.5) is 5.69 Å². The van der Waals surface area contributed by atoms with Crippen LogP contribution in [0.5, 0.6) is 5.75 Å². The van der Waals surface area contributed by atoms with E-state index in [-0.39, 0.29) is 17.7 Å². The van der Waals surface area contributed by atoms with Gasteiger partial charge in [0.1, 0.15) is 11.8 Å². The molecule has 2 amide bonds. The second-order valence-electron chi connectivity index (χ2n) is 7.19. The molecule has 0 fully saturated rings. The zero-order valence-electron chi connectivity index (χ0n) is 17.1. The molecule has 0 aliphatic rings. The summed E-state index contributed by atoms with van der Waals surface area (Å²) in [6.45, 7) is 6.16. The number of unbranched alkanes of at least 4 members (excludes halogenated alkanes) is 1. The highest BCUT2D eigenvalue weighted by molar-refractivity contribution is 6.01. The normalized spacial score (nSPS) is 11.4. The van der Waals surface area contributed by atoms with Gasteiger partial charge in [-0.25, -0.2) is 0 Å². The van der Waals surface area contributed by atoms with Gasteiger partial charge in [-0.3, -0.25) is 9.59 Å². The Bertz CT molecular complexity index is 870. The minimum Gasteiger partial charge on any atom is -0.493 e. The highest BCUT2D eigenvalue weighted by Crippen LogP contribution is 2.18. The highest BCUT2D eigenvalue weighted by Gasteiger charge is 2.25. The molecule has 0 saturated carbocycles. The number of benzene rings is 2. The summed E-state index contributed by atoms with van der Waals surface area (Å²) in [4.78, 5) is 25.3. The van der Waals surface area contributed by atoms with Crippen molar-refractivity contribution < 1.29 is 14.3 Å². The third kappa shape index (κ3) is 6.96. The van der Waals surface area contributed by atoms with Crippen molar-refractivity contribution in [3.05, 3.63) is 59.7 Å². The second kappa shape index (κ2) is 10.9. The van der Waals surface area contributed by atoms with E-state index in [1.54, 1.807) is 36.4 Å². The lowest BCUT2D eigenvalue weighted by molar-refractivity contribution is -0.118. The maximum absolute atomic E-state index is 12.8. The molecule has 0 radical (unpaired) electrons. The van der Waals surface area contributed by atoms with E-state index in [1.807, 2.05) is 32.9 Å². The van der Waals surface area contributed by atoms with Crippen molar-refractivity contribution in [3.63, 3.8) is 0 Å². The van der Waals surface area contributed by atoms with Gasteiger partial charge < -0.3 is 15.4 Å². The Labute approximate surface area is 171 Å². The number of hydrogen-bond acceptors (Lipinski definition) is 4. The predicted molar refractivity (Wildman–Crippen MR) is 113 cm³/mol. The number of amides is 2. The van der Waals surface area contributed by atoms with Gasteiger partial charge in [-0.2, -0.15) is 5.26 Å². The first-order valence-electron chi connectivity index (χ1n) is 9.69. The van der Waals surface area contributed by atoms with Crippen molar-refractivity contribution in [1.82, 2.24) is 5.32 Å². The molecule has 0 aliphatic carbocycles. The zero-order chi connectivity index (χ0) is 21.2. The Balaban J connectivity index is 2.01. The maximum Gasteiger partial charge on any atom is 0.251 e. The molecule has 2 aromatic carbocycles. The SMILES string of the molecule is Cc1ccc(C(=O)NC(C(=O)Nc2cccc(OCCCC#N)c2)C(C)C)cc1. The third-order valence-corrected chi connectivity index (χ3v) is 4.35.